The second-order valence-corrected chi connectivity index (χ2v) is 8.04. The summed E-state index contributed by atoms with van der Waals surface area (Å²) in [6, 6.07) is 0. The van der Waals surface area contributed by atoms with Gasteiger partial charge in [0.05, 0.1) is 0 Å². The van der Waals surface area contributed by atoms with Crippen molar-refractivity contribution in [2.24, 2.45) is 0 Å². The first-order chi connectivity index (χ1) is 5.97. The zero-order valence-electron chi connectivity index (χ0n) is 7.17. The van der Waals surface area contributed by atoms with Gasteiger partial charge in [-0.3, -0.25) is 0 Å². The van der Waals surface area contributed by atoms with Crippen LogP contribution in [0.1, 0.15) is 0 Å². The maximum Gasteiger partial charge on any atom is 0.134 e. The van der Waals surface area contributed by atoms with Crippen molar-refractivity contribution in [3.05, 3.63) is 0 Å². The van der Waals surface area contributed by atoms with Gasteiger partial charge in [-0.1, -0.05) is 6.55 Å². The first kappa shape index (κ1) is 14.3. The standard InChI is InChI=1S/C2H6O9Si3/c1-9-13(5,6)11-14(7,8)10-12(2,3)4/h1-2H3/q-6. The van der Waals surface area contributed by atoms with Crippen LogP contribution in [-0.2, 0) is 12.7 Å². The summed E-state index contributed by atoms with van der Waals surface area (Å²) in [5, 5.41) is 0. The van der Waals surface area contributed by atoms with Crippen LogP contribution >= 0.6 is 0 Å². The Morgan fingerprint density at radius 2 is 1.21 bits per heavy atom. The van der Waals surface area contributed by atoms with Crippen LogP contribution in [0.4, 0.5) is 0 Å². The zero-order valence-corrected chi connectivity index (χ0v) is 10.2. The summed E-state index contributed by atoms with van der Waals surface area (Å²) in [7, 11) is -15.4. The van der Waals surface area contributed by atoms with Crippen molar-refractivity contribution in [1.82, 2.24) is 0 Å². The van der Waals surface area contributed by atoms with Gasteiger partial charge in [0.2, 0.25) is 0 Å². The van der Waals surface area contributed by atoms with E-state index >= 15 is 0 Å². The third-order valence-electron chi connectivity index (χ3n) is 0.810. The van der Waals surface area contributed by atoms with Gasteiger partial charge in [-0.15, -0.1) is 0 Å². The summed E-state index contributed by atoms with van der Waals surface area (Å²) in [5.41, 5.74) is 0. The molecule has 9 nitrogen and oxygen atoms in total. The molecule has 0 rings (SSSR count). The van der Waals surface area contributed by atoms with Crippen molar-refractivity contribution in [2.75, 3.05) is 7.11 Å². The molecule has 0 unspecified atom stereocenters. The fourth-order valence-electron chi connectivity index (χ4n) is 0.443. The van der Waals surface area contributed by atoms with Gasteiger partial charge in [0.25, 0.3) is 0 Å². The van der Waals surface area contributed by atoms with Crippen LogP contribution < -0.4 is 28.8 Å². The lowest BCUT2D eigenvalue weighted by molar-refractivity contribution is -0.484. The minimum atomic E-state index is -5.75. The maximum absolute atomic E-state index is 10.6. The highest BCUT2D eigenvalue weighted by Crippen LogP contribution is 1.98. The van der Waals surface area contributed by atoms with E-state index in [-0.39, 0.29) is 0 Å². The highest BCUT2D eigenvalue weighted by molar-refractivity contribution is 6.69. The molecule has 0 heterocycles. The second-order valence-electron chi connectivity index (χ2n) is 2.27. The molecule has 0 aliphatic carbocycles. The first-order valence-electron chi connectivity index (χ1n) is 3.15. The minimum Gasteiger partial charge on any atom is -0.850 e. The Kier molecular flexibility index (Phi) is 4.52. The van der Waals surface area contributed by atoms with Crippen LogP contribution in [0, 0.1) is 0 Å². The van der Waals surface area contributed by atoms with Gasteiger partial charge < -0.3 is 41.4 Å². The van der Waals surface area contributed by atoms with Gasteiger partial charge in [0.15, 0.2) is 0 Å². The van der Waals surface area contributed by atoms with Crippen LogP contribution in [-0.4, -0.2) is 34.0 Å². The molecule has 0 N–H and O–H groups in total. The van der Waals surface area contributed by atoms with Crippen LogP contribution in [0.25, 0.3) is 0 Å². The van der Waals surface area contributed by atoms with Crippen LogP contribution in [0.2, 0.25) is 6.55 Å². The Morgan fingerprint density at radius 1 is 0.786 bits per heavy atom. The zero-order chi connectivity index (χ0) is 11.6. The second kappa shape index (κ2) is 4.43. The van der Waals surface area contributed by atoms with Gasteiger partial charge in [0.1, 0.15) is 18.1 Å². The molecule has 0 aromatic heterocycles. The van der Waals surface area contributed by atoms with Gasteiger partial charge in [0, 0.05) is 7.11 Å². The van der Waals surface area contributed by atoms with Crippen molar-refractivity contribution in [1.29, 1.82) is 0 Å². The molecule has 12 heteroatoms. The smallest absolute Gasteiger partial charge is 0.134 e. The van der Waals surface area contributed by atoms with E-state index < -0.39 is 26.9 Å². The van der Waals surface area contributed by atoms with E-state index in [1.807, 2.05) is 0 Å². The molecule has 0 aliphatic rings. The van der Waals surface area contributed by atoms with Crippen molar-refractivity contribution in [3.63, 3.8) is 0 Å². The molecule has 0 saturated carbocycles. The van der Waals surface area contributed by atoms with E-state index in [2.05, 4.69) is 12.7 Å². The Balaban J connectivity index is 4.35. The molecule has 86 valence electrons. The Morgan fingerprint density at radius 3 is 1.50 bits per heavy atom. The predicted octanol–water partition coefficient (Wildman–Crippen LogP) is -7.73. The normalized spacial score (nSPS) is 14.6. The van der Waals surface area contributed by atoms with Crippen LogP contribution in [0.3, 0.4) is 0 Å². The average molecular weight is 258 g/mol. The molecule has 0 aromatic rings. The highest BCUT2D eigenvalue weighted by Gasteiger charge is 2.13. The number of rotatable bonds is 5. The molecular weight excluding hydrogens is 252 g/mol. The number of hydrogen-bond acceptors (Lipinski definition) is 9. The Hall–Kier alpha value is 0.291. The van der Waals surface area contributed by atoms with Crippen LogP contribution in [0.5, 0.6) is 0 Å². The average Bonchev–Trinajstić information content (AvgIpc) is 1.78. The fraction of sp³-hybridized carbons (Fsp3) is 1.00. The molecule has 0 fully saturated rings. The van der Waals surface area contributed by atoms with E-state index in [1.54, 1.807) is 0 Å². The molecule has 0 atom stereocenters. The molecule has 0 saturated heterocycles. The summed E-state index contributed by atoms with van der Waals surface area (Å²) in [6.07, 6.45) is 0. The van der Waals surface area contributed by atoms with Gasteiger partial charge in [-0.05, 0) is 8.80 Å². The van der Waals surface area contributed by atoms with E-state index in [9.17, 15) is 28.8 Å². The quantitative estimate of drug-likeness (QED) is 0.435. The van der Waals surface area contributed by atoms with Crippen LogP contribution in [0.15, 0.2) is 0 Å². The SMILES string of the molecule is CO[Si]([O-])([O-])O[Si]([O-])([O-])O[Si](C)([O-])[O-]. The lowest BCUT2D eigenvalue weighted by Gasteiger charge is -2.62. The van der Waals surface area contributed by atoms with E-state index in [0.29, 0.717) is 13.7 Å². The van der Waals surface area contributed by atoms with Crippen molar-refractivity contribution >= 4 is 26.9 Å². The summed E-state index contributed by atoms with van der Waals surface area (Å²) < 4.78 is 10.5. The Labute approximate surface area is 82.7 Å². The van der Waals surface area contributed by atoms with E-state index in [0.717, 1.165) is 0 Å². The van der Waals surface area contributed by atoms with Gasteiger partial charge >= 0.3 is 0 Å². The van der Waals surface area contributed by atoms with Gasteiger partial charge in [-0.25, -0.2) is 0 Å². The molecule has 14 heavy (non-hydrogen) atoms. The molecule has 0 radical (unpaired) electrons. The summed E-state index contributed by atoms with van der Waals surface area (Å²) >= 11 is 0. The topological polar surface area (TPSA) is 166 Å². The Bertz CT molecular complexity index is 185. The highest BCUT2D eigenvalue weighted by atomic mass is 28.5. The molecule has 0 amide bonds. The third-order valence-corrected chi connectivity index (χ3v) is 5.79. The maximum atomic E-state index is 10.6. The first-order valence-corrected chi connectivity index (χ1v) is 8.64. The summed E-state index contributed by atoms with van der Waals surface area (Å²) in [5.74, 6) is 0. The summed E-state index contributed by atoms with van der Waals surface area (Å²) in [4.78, 5) is 63.0. The predicted molar refractivity (Wildman–Crippen MR) is 32.3 cm³/mol. The molecule has 0 spiro atoms. The number of hydrogen-bond donors (Lipinski definition) is 0. The fourth-order valence-corrected chi connectivity index (χ4v) is 4.36. The minimum absolute atomic E-state index is 0.472. The van der Waals surface area contributed by atoms with Crippen molar-refractivity contribution < 1.29 is 41.4 Å². The van der Waals surface area contributed by atoms with Crippen molar-refractivity contribution in [2.45, 2.75) is 6.55 Å². The van der Waals surface area contributed by atoms with Crippen molar-refractivity contribution in [3.8, 4) is 0 Å². The monoisotopic (exact) mass is 258 g/mol. The third kappa shape index (κ3) is 6.70. The molecule has 0 bridgehead atoms. The summed E-state index contributed by atoms with van der Waals surface area (Å²) in [6.45, 7) is 0.472. The van der Waals surface area contributed by atoms with E-state index in [4.69, 9.17) is 0 Å². The molecule has 0 aliphatic heterocycles. The molecular formula is C2H6O9Si3-6. The lowest BCUT2D eigenvalue weighted by atomic mass is 11.8. The lowest BCUT2D eigenvalue weighted by Crippen LogP contribution is -2.83. The van der Waals surface area contributed by atoms with E-state index in [1.165, 1.54) is 0 Å². The van der Waals surface area contributed by atoms with Gasteiger partial charge in [-0.2, -0.15) is 0 Å². The molecule has 0 aromatic carbocycles. The largest absolute Gasteiger partial charge is 0.850 e.